The van der Waals surface area contributed by atoms with Gasteiger partial charge in [0.1, 0.15) is 0 Å². The summed E-state index contributed by atoms with van der Waals surface area (Å²) in [5, 5.41) is 0. The van der Waals surface area contributed by atoms with Crippen LogP contribution in [0.25, 0.3) is 11.0 Å². The van der Waals surface area contributed by atoms with Crippen molar-refractivity contribution in [2.75, 3.05) is 0 Å². The summed E-state index contributed by atoms with van der Waals surface area (Å²) in [6.07, 6.45) is 2.34. The third kappa shape index (κ3) is 2.18. The number of benzene rings is 1. The highest BCUT2D eigenvalue weighted by Gasteiger charge is 2.10. The van der Waals surface area contributed by atoms with Gasteiger partial charge in [-0.3, -0.25) is 0 Å². The van der Waals surface area contributed by atoms with Crippen LogP contribution >= 0.6 is 34.8 Å². The van der Waals surface area contributed by atoms with E-state index in [1.807, 2.05) is 0 Å². The van der Waals surface area contributed by atoms with E-state index < -0.39 is 0 Å². The summed E-state index contributed by atoms with van der Waals surface area (Å²) < 4.78 is 4.29. The Balaban J connectivity index is 2.60. The van der Waals surface area contributed by atoms with Crippen LogP contribution in [0.1, 0.15) is 32.7 Å². The van der Waals surface area contributed by atoms with Gasteiger partial charge in [0.15, 0.2) is 4.77 Å². The van der Waals surface area contributed by atoms with Crippen molar-refractivity contribution in [3.05, 3.63) is 26.5 Å². The number of rotatable bonds is 3. The Labute approximate surface area is 114 Å². The molecule has 2 aromatic rings. The van der Waals surface area contributed by atoms with Crippen LogP contribution < -0.4 is 0 Å². The maximum absolute atomic E-state index is 5.39. The van der Waals surface area contributed by atoms with Crippen LogP contribution in [0.5, 0.6) is 0 Å². The molecule has 0 aliphatic heterocycles. The molecule has 1 aromatic heterocycles. The summed E-state index contributed by atoms with van der Waals surface area (Å²) in [7, 11) is 0. The molecule has 1 unspecified atom stereocenters. The number of halogens is 1. The van der Waals surface area contributed by atoms with Crippen LogP contribution in [-0.4, -0.2) is 9.55 Å². The first-order valence-electron chi connectivity index (χ1n) is 5.53. The zero-order valence-corrected chi connectivity index (χ0v) is 12.4. The number of aromatic amines is 1. The largest absolute Gasteiger partial charge is 0.331 e. The van der Waals surface area contributed by atoms with Gasteiger partial charge in [-0.2, -0.15) is 0 Å². The van der Waals surface area contributed by atoms with Crippen molar-refractivity contribution in [2.24, 2.45) is 0 Å². The molecule has 4 heteroatoms. The molecule has 0 aliphatic carbocycles. The van der Waals surface area contributed by atoms with Gasteiger partial charge in [-0.15, -0.1) is 0 Å². The number of hydrogen-bond acceptors (Lipinski definition) is 1. The minimum atomic E-state index is 0.464. The van der Waals surface area contributed by atoms with Crippen molar-refractivity contribution < 1.29 is 0 Å². The number of imidazole rings is 1. The molecule has 1 heterocycles. The number of nitrogens with one attached hydrogen (secondary N) is 1. The second kappa shape index (κ2) is 4.87. The lowest BCUT2D eigenvalue weighted by atomic mass is 10.2. The van der Waals surface area contributed by atoms with Gasteiger partial charge in [0, 0.05) is 9.61 Å². The van der Waals surface area contributed by atoms with E-state index in [1.54, 1.807) is 0 Å². The molecule has 0 saturated heterocycles. The molecule has 0 spiro atoms. The SMILES string of the molecule is CCCC(C)n1c(=S)[nH]c2cc(I)ccc21. The third-order valence-electron chi connectivity index (χ3n) is 2.83. The third-order valence-corrected chi connectivity index (χ3v) is 3.80. The van der Waals surface area contributed by atoms with Gasteiger partial charge in [0.05, 0.1) is 11.0 Å². The Hall–Kier alpha value is -0.360. The van der Waals surface area contributed by atoms with E-state index in [4.69, 9.17) is 12.2 Å². The molecule has 2 nitrogen and oxygen atoms in total. The zero-order chi connectivity index (χ0) is 11.7. The van der Waals surface area contributed by atoms with Gasteiger partial charge in [-0.05, 0) is 66.4 Å². The van der Waals surface area contributed by atoms with E-state index in [2.05, 4.69) is 64.2 Å². The van der Waals surface area contributed by atoms with E-state index >= 15 is 0 Å². The summed E-state index contributed by atoms with van der Waals surface area (Å²) >= 11 is 7.71. The fourth-order valence-corrected chi connectivity index (χ4v) is 2.97. The van der Waals surface area contributed by atoms with Crippen molar-refractivity contribution in [3.8, 4) is 0 Å². The first-order chi connectivity index (χ1) is 7.63. The average molecular weight is 346 g/mol. The number of fused-ring (bicyclic) bond motifs is 1. The van der Waals surface area contributed by atoms with Gasteiger partial charge in [-0.25, -0.2) is 0 Å². The fourth-order valence-electron chi connectivity index (χ4n) is 2.09. The van der Waals surface area contributed by atoms with Crippen LogP contribution in [0.3, 0.4) is 0 Å². The van der Waals surface area contributed by atoms with Gasteiger partial charge < -0.3 is 9.55 Å². The minimum absolute atomic E-state index is 0.464. The lowest BCUT2D eigenvalue weighted by Gasteiger charge is -2.13. The standard InChI is InChI=1S/C12H15IN2S/c1-3-4-8(2)15-11-6-5-9(13)7-10(11)14-12(15)16/h5-8H,3-4H2,1-2H3,(H,14,16). The predicted octanol–water partition coefficient (Wildman–Crippen LogP) is 4.66. The van der Waals surface area contributed by atoms with Gasteiger partial charge in [-0.1, -0.05) is 13.3 Å². The lowest BCUT2D eigenvalue weighted by Crippen LogP contribution is -2.04. The lowest BCUT2D eigenvalue weighted by molar-refractivity contribution is 0.507. The second-order valence-corrected chi connectivity index (χ2v) is 5.73. The normalized spacial score (nSPS) is 13.2. The van der Waals surface area contributed by atoms with Crippen LogP contribution in [0.15, 0.2) is 18.2 Å². The first-order valence-corrected chi connectivity index (χ1v) is 7.02. The quantitative estimate of drug-likeness (QED) is 0.633. The van der Waals surface area contributed by atoms with E-state index in [9.17, 15) is 0 Å². The Bertz CT molecular complexity index is 556. The molecule has 1 aromatic carbocycles. The monoisotopic (exact) mass is 346 g/mol. The molecule has 0 radical (unpaired) electrons. The smallest absolute Gasteiger partial charge is 0.178 e. The Kier molecular flexibility index (Phi) is 3.69. The van der Waals surface area contributed by atoms with Crippen LogP contribution in [-0.2, 0) is 0 Å². The summed E-state index contributed by atoms with van der Waals surface area (Å²) in [5.41, 5.74) is 2.35. The molecule has 1 atom stereocenters. The van der Waals surface area contributed by atoms with E-state index in [-0.39, 0.29) is 0 Å². The minimum Gasteiger partial charge on any atom is -0.331 e. The van der Waals surface area contributed by atoms with E-state index in [0.717, 1.165) is 16.7 Å². The Morgan fingerprint density at radius 3 is 2.94 bits per heavy atom. The van der Waals surface area contributed by atoms with E-state index in [1.165, 1.54) is 15.5 Å². The molecular weight excluding hydrogens is 331 g/mol. The topological polar surface area (TPSA) is 20.7 Å². The highest BCUT2D eigenvalue weighted by Crippen LogP contribution is 2.23. The highest BCUT2D eigenvalue weighted by atomic mass is 127. The molecule has 2 rings (SSSR count). The molecular formula is C12H15IN2S. The number of hydrogen-bond donors (Lipinski definition) is 1. The summed E-state index contributed by atoms with van der Waals surface area (Å²) in [6.45, 7) is 4.43. The Morgan fingerprint density at radius 2 is 2.25 bits per heavy atom. The van der Waals surface area contributed by atoms with Crippen LogP contribution in [0, 0.1) is 8.34 Å². The zero-order valence-electron chi connectivity index (χ0n) is 9.46. The van der Waals surface area contributed by atoms with Crippen molar-refractivity contribution >= 4 is 45.8 Å². The van der Waals surface area contributed by atoms with E-state index in [0.29, 0.717) is 6.04 Å². The molecule has 1 N–H and O–H groups in total. The molecule has 0 fully saturated rings. The molecule has 16 heavy (non-hydrogen) atoms. The van der Waals surface area contributed by atoms with Crippen molar-refractivity contribution in [3.63, 3.8) is 0 Å². The van der Waals surface area contributed by atoms with Crippen molar-refractivity contribution in [2.45, 2.75) is 32.7 Å². The predicted molar refractivity (Wildman–Crippen MR) is 79.5 cm³/mol. The van der Waals surface area contributed by atoms with Crippen molar-refractivity contribution in [1.82, 2.24) is 9.55 Å². The number of H-pyrrole nitrogens is 1. The average Bonchev–Trinajstić information content (AvgIpc) is 2.53. The summed E-state index contributed by atoms with van der Waals surface area (Å²) in [4.78, 5) is 3.28. The maximum Gasteiger partial charge on any atom is 0.178 e. The second-order valence-electron chi connectivity index (χ2n) is 4.10. The molecule has 86 valence electrons. The number of nitrogens with zero attached hydrogens (tertiary/aromatic N) is 1. The number of aromatic nitrogens is 2. The van der Waals surface area contributed by atoms with Crippen molar-refractivity contribution in [1.29, 1.82) is 0 Å². The summed E-state index contributed by atoms with van der Waals surface area (Å²) in [6, 6.07) is 6.88. The van der Waals surface area contributed by atoms with Gasteiger partial charge >= 0.3 is 0 Å². The first kappa shape index (κ1) is 12.1. The molecule has 0 saturated carbocycles. The molecule has 0 bridgehead atoms. The summed E-state index contributed by atoms with van der Waals surface area (Å²) in [5.74, 6) is 0. The maximum atomic E-state index is 5.39. The Morgan fingerprint density at radius 1 is 1.50 bits per heavy atom. The van der Waals surface area contributed by atoms with Crippen LogP contribution in [0.4, 0.5) is 0 Å². The van der Waals surface area contributed by atoms with Crippen LogP contribution in [0.2, 0.25) is 0 Å². The fraction of sp³-hybridized carbons (Fsp3) is 0.417. The molecule has 0 aliphatic rings. The van der Waals surface area contributed by atoms with Gasteiger partial charge in [0.25, 0.3) is 0 Å². The van der Waals surface area contributed by atoms with Gasteiger partial charge in [0.2, 0.25) is 0 Å². The highest BCUT2D eigenvalue weighted by molar-refractivity contribution is 14.1. The molecule has 0 amide bonds.